The lowest BCUT2D eigenvalue weighted by Gasteiger charge is -2.45. The number of fused-ring (bicyclic) bond motifs is 1. The van der Waals surface area contributed by atoms with Gasteiger partial charge in [-0.2, -0.15) is 0 Å². The Balaban J connectivity index is 1.53. The Hall–Kier alpha value is -2.01. The van der Waals surface area contributed by atoms with Crippen LogP contribution in [0.3, 0.4) is 0 Å². The van der Waals surface area contributed by atoms with Crippen molar-refractivity contribution in [3.05, 3.63) is 71.3 Å². The summed E-state index contributed by atoms with van der Waals surface area (Å²) in [7, 11) is 0. The van der Waals surface area contributed by atoms with Crippen LogP contribution in [0, 0.1) is 11.3 Å². The van der Waals surface area contributed by atoms with E-state index in [4.69, 9.17) is 4.74 Å². The number of benzene rings is 2. The molecule has 0 heterocycles. The maximum atomic E-state index is 13.3. The van der Waals surface area contributed by atoms with Gasteiger partial charge in [-0.15, -0.1) is 0 Å². The molecular formula is C23H26O4. The minimum atomic E-state index is -0.911. The van der Waals surface area contributed by atoms with Crippen LogP contribution < -0.4 is 0 Å². The third-order valence-corrected chi connectivity index (χ3v) is 6.34. The van der Waals surface area contributed by atoms with Crippen LogP contribution in [0.1, 0.15) is 40.7 Å². The molecular weight excluding hydrogens is 340 g/mol. The average Bonchev–Trinajstić information content (AvgIpc) is 3.00. The highest BCUT2D eigenvalue weighted by Gasteiger charge is 2.55. The van der Waals surface area contributed by atoms with E-state index in [1.807, 2.05) is 54.6 Å². The molecule has 4 rings (SSSR count). The molecule has 4 atom stereocenters. The second kappa shape index (κ2) is 7.55. The zero-order valence-corrected chi connectivity index (χ0v) is 15.4. The summed E-state index contributed by atoms with van der Waals surface area (Å²) in [6.07, 6.45) is 1.79. The molecule has 0 radical (unpaired) electrons. The number of rotatable bonds is 5. The zero-order valence-electron chi connectivity index (χ0n) is 15.4. The van der Waals surface area contributed by atoms with E-state index >= 15 is 0 Å². The minimum Gasteiger partial charge on any atom is -0.394 e. The third kappa shape index (κ3) is 3.33. The fourth-order valence-corrected chi connectivity index (χ4v) is 4.91. The number of aliphatic hydroxyl groups is 2. The normalized spacial score (nSPS) is 28.3. The van der Waals surface area contributed by atoms with Crippen LogP contribution in [0.5, 0.6) is 0 Å². The molecule has 2 aromatic carbocycles. The molecule has 1 spiro atoms. The van der Waals surface area contributed by atoms with Gasteiger partial charge >= 0.3 is 0 Å². The smallest absolute Gasteiger partial charge is 0.169 e. The molecule has 142 valence electrons. The van der Waals surface area contributed by atoms with Gasteiger partial charge in [0, 0.05) is 16.9 Å². The molecule has 1 unspecified atom stereocenters. The number of carbonyl (C=O) groups is 1. The molecule has 0 aromatic heterocycles. The summed E-state index contributed by atoms with van der Waals surface area (Å²) in [5, 5.41) is 20.2. The molecule has 1 fully saturated rings. The molecule has 0 aliphatic heterocycles. The fourth-order valence-electron chi connectivity index (χ4n) is 4.91. The highest BCUT2D eigenvalue weighted by Crippen LogP contribution is 2.52. The van der Waals surface area contributed by atoms with Crippen molar-refractivity contribution in [2.45, 2.75) is 44.5 Å². The van der Waals surface area contributed by atoms with Crippen LogP contribution in [-0.4, -0.2) is 34.8 Å². The molecule has 4 heteroatoms. The van der Waals surface area contributed by atoms with E-state index in [0.717, 1.165) is 23.1 Å². The first-order valence-corrected chi connectivity index (χ1v) is 9.71. The monoisotopic (exact) mass is 366 g/mol. The van der Waals surface area contributed by atoms with E-state index in [9.17, 15) is 15.0 Å². The molecule has 0 amide bonds. The van der Waals surface area contributed by atoms with Crippen LogP contribution in [0.4, 0.5) is 0 Å². The van der Waals surface area contributed by atoms with E-state index in [2.05, 4.69) is 0 Å². The summed E-state index contributed by atoms with van der Waals surface area (Å²) in [5.41, 5.74) is 2.33. The SMILES string of the molecule is O=C1c2ccccc2C[C@@]12CC[C@H](OCc1ccccc1)C[C@H]2C(O)CO. The van der Waals surface area contributed by atoms with Crippen molar-refractivity contribution in [3.63, 3.8) is 0 Å². The van der Waals surface area contributed by atoms with Crippen molar-refractivity contribution in [3.8, 4) is 0 Å². The van der Waals surface area contributed by atoms with Gasteiger partial charge in [-0.1, -0.05) is 54.6 Å². The number of carbonyl (C=O) groups excluding carboxylic acids is 1. The van der Waals surface area contributed by atoms with Crippen molar-refractivity contribution in [2.75, 3.05) is 6.61 Å². The van der Waals surface area contributed by atoms with E-state index in [1.165, 1.54) is 0 Å². The number of Topliss-reactive ketones (excluding diaryl/α,β-unsaturated/α-hetero) is 1. The Bertz CT molecular complexity index is 803. The number of ketones is 1. The molecule has 2 aliphatic rings. The Kier molecular flexibility index (Phi) is 5.13. The lowest BCUT2D eigenvalue weighted by molar-refractivity contribution is -0.0801. The maximum absolute atomic E-state index is 13.3. The Morgan fingerprint density at radius 2 is 1.85 bits per heavy atom. The summed E-state index contributed by atoms with van der Waals surface area (Å²) in [5.74, 6) is -0.172. The second-order valence-electron chi connectivity index (χ2n) is 7.87. The quantitative estimate of drug-likeness (QED) is 0.853. The zero-order chi connectivity index (χ0) is 18.9. The first kappa shape index (κ1) is 18.4. The van der Waals surface area contributed by atoms with Crippen LogP contribution in [0.2, 0.25) is 0 Å². The topological polar surface area (TPSA) is 66.8 Å². The molecule has 0 bridgehead atoms. The number of ether oxygens (including phenoxy) is 1. The van der Waals surface area contributed by atoms with Crippen LogP contribution in [0.25, 0.3) is 0 Å². The van der Waals surface area contributed by atoms with Crippen molar-refractivity contribution in [2.24, 2.45) is 11.3 Å². The average molecular weight is 366 g/mol. The first-order valence-electron chi connectivity index (χ1n) is 9.71. The summed E-state index contributed by atoms with van der Waals surface area (Å²) < 4.78 is 6.10. The van der Waals surface area contributed by atoms with Crippen LogP contribution in [0.15, 0.2) is 54.6 Å². The lowest BCUT2D eigenvalue weighted by Crippen LogP contribution is -2.49. The maximum Gasteiger partial charge on any atom is 0.169 e. The van der Waals surface area contributed by atoms with Gasteiger partial charge in [-0.3, -0.25) is 4.79 Å². The summed E-state index contributed by atoms with van der Waals surface area (Å²) in [6, 6.07) is 17.7. The molecule has 27 heavy (non-hydrogen) atoms. The molecule has 2 aliphatic carbocycles. The number of hydrogen-bond donors (Lipinski definition) is 2. The van der Waals surface area contributed by atoms with E-state index < -0.39 is 11.5 Å². The second-order valence-corrected chi connectivity index (χ2v) is 7.87. The van der Waals surface area contributed by atoms with Crippen LogP contribution >= 0.6 is 0 Å². The van der Waals surface area contributed by atoms with Crippen molar-refractivity contribution in [1.29, 1.82) is 0 Å². The summed E-state index contributed by atoms with van der Waals surface area (Å²) >= 11 is 0. The van der Waals surface area contributed by atoms with Gasteiger partial charge < -0.3 is 14.9 Å². The molecule has 4 nitrogen and oxygen atoms in total. The van der Waals surface area contributed by atoms with Crippen molar-refractivity contribution < 1.29 is 19.7 Å². The Labute approximate surface area is 159 Å². The van der Waals surface area contributed by atoms with E-state index in [-0.39, 0.29) is 24.4 Å². The first-order chi connectivity index (χ1) is 13.1. The van der Waals surface area contributed by atoms with Gasteiger partial charge in [0.15, 0.2) is 5.78 Å². The Morgan fingerprint density at radius 3 is 2.59 bits per heavy atom. The predicted octanol–water partition coefficient (Wildman–Crippen LogP) is 3.15. The molecule has 2 aromatic rings. The fraction of sp³-hybridized carbons (Fsp3) is 0.435. The highest BCUT2D eigenvalue weighted by molar-refractivity contribution is 6.05. The van der Waals surface area contributed by atoms with Crippen LogP contribution in [-0.2, 0) is 17.8 Å². The van der Waals surface area contributed by atoms with Gasteiger partial charge in [0.25, 0.3) is 0 Å². The summed E-state index contributed by atoms with van der Waals surface area (Å²) in [6.45, 7) is 0.191. The van der Waals surface area contributed by atoms with E-state index in [1.54, 1.807) is 0 Å². The predicted molar refractivity (Wildman–Crippen MR) is 102 cm³/mol. The van der Waals surface area contributed by atoms with Gasteiger partial charge in [0.1, 0.15) is 0 Å². The van der Waals surface area contributed by atoms with Gasteiger partial charge in [-0.05, 0) is 36.8 Å². The highest BCUT2D eigenvalue weighted by atomic mass is 16.5. The van der Waals surface area contributed by atoms with Gasteiger partial charge in [0.2, 0.25) is 0 Å². The van der Waals surface area contributed by atoms with Gasteiger partial charge in [-0.25, -0.2) is 0 Å². The molecule has 0 saturated heterocycles. The summed E-state index contributed by atoms with van der Waals surface area (Å²) in [4.78, 5) is 13.3. The molecule has 2 N–H and O–H groups in total. The molecule has 1 saturated carbocycles. The minimum absolute atomic E-state index is 0.0152. The number of hydrogen-bond acceptors (Lipinski definition) is 4. The van der Waals surface area contributed by atoms with Gasteiger partial charge in [0.05, 0.1) is 25.4 Å². The Morgan fingerprint density at radius 1 is 1.11 bits per heavy atom. The standard InChI is InChI=1S/C23H26O4/c24-14-21(25)20-12-18(27-15-16-6-2-1-3-7-16)10-11-23(20)13-17-8-4-5-9-19(17)22(23)26/h1-9,18,20-21,24-25H,10-15H2/t18-,20-,21?,23+/m0/s1. The van der Waals surface area contributed by atoms with E-state index in [0.29, 0.717) is 25.9 Å². The van der Waals surface area contributed by atoms with Crippen molar-refractivity contribution >= 4 is 5.78 Å². The largest absolute Gasteiger partial charge is 0.394 e. The van der Waals surface area contributed by atoms with Crippen molar-refractivity contribution in [1.82, 2.24) is 0 Å². The third-order valence-electron chi connectivity index (χ3n) is 6.34. The number of aliphatic hydroxyl groups excluding tert-OH is 2. The lowest BCUT2D eigenvalue weighted by atomic mass is 9.61.